The van der Waals surface area contributed by atoms with E-state index in [0.29, 0.717) is 17.9 Å². The highest BCUT2D eigenvalue weighted by Crippen LogP contribution is 2.28. The molecular formula is C14H17ClF2N2S. The highest BCUT2D eigenvalue weighted by atomic mass is 35.5. The molecule has 0 aliphatic heterocycles. The van der Waals surface area contributed by atoms with Gasteiger partial charge in [0.05, 0.1) is 10.9 Å². The minimum absolute atomic E-state index is 0.219. The molecule has 1 aromatic heterocycles. The maximum Gasteiger partial charge on any atom is 0.184 e. The van der Waals surface area contributed by atoms with Gasteiger partial charge in [-0.05, 0) is 43.9 Å². The second-order valence-electron chi connectivity index (χ2n) is 4.67. The molecule has 1 atom stereocenters. The average molecular weight is 319 g/mol. The molecule has 20 heavy (non-hydrogen) atoms. The zero-order valence-corrected chi connectivity index (χ0v) is 13.1. The van der Waals surface area contributed by atoms with Crippen LogP contribution in [0.3, 0.4) is 0 Å². The van der Waals surface area contributed by atoms with Crippen molar-refractivity contribution in [3.63, 3.8) is 0 Å². The molecule has 0 radical (unpaired) electrons. The summed E-state index contributed by atoms with van der Waals surface area (Å²) >= 11 is 7.88. The lowest BCUT2D eigenvalue weighted by Crippen LogP contribution is -2.06. The van der Waals surface area contributed by atoms with E-state index < -0.39 is 11.6 Å². The molecule has 0 N–H and O–H groups in total. The van der Waals surface area contributed by atoms with Crippen molar-refractivity contribution in [1.82, 2.24) is 9.55 Å². The van der Waals surface area contributed by atoms with Crippen molar-refractivity contribution in [2.75, 3.05) is 12.0 Å². The molecule has 110 valence electrons. The second kappa shape index (κ2) is 6.76. The van der Waals surface area contributed by atoms with Crippen molar-refractivity contribution in [2.45, 2.75) is 31.7 Å². The van der Waals surface area contributed by atoms with Gasteiger partial charge in [-0.15, -0.1) is 11.6 Å². The third-order valence-corrected chi connectivity index (χ3v) is 4.06. The molecule has 0 amide bonds. The number of alkyl halides is 1. The van der Waals surface area contributed by atoms with E-state index in [1.165, 1.54) is 6.07 Å². The van der Waals surface area contributed by atoms with Crippen LogP contribution in [0.4, 0.5) is 8.78 Å². The van der Waals surface area contributed by atoms with Gasteiger partial charge in [0.25, 0.3) is 0 Å². The predicted molar refractivity (Wildman–Crippen MR) is 81.5 cm³/mol. The summed E-state index contributed by atoms with van der Waals surface area (Å²) in [7, 11) is 0. The smallest absolute Gasteiger partial charge is 0.184 e. The number of aromatic nitrogens is 2. The van der Waals surface area contributed by atoms with E-state index in [-0.39, 0.29) is 10.9 Å². The van der Waals surface area contributed by atoms with Crippen LogP contribution in [-0.4, -0.2) is 21.6 Å². The fourth-order valence-electron chi connectivity index (χ4n) is 2.22. The van der Waals surface area contributed by atoms with Crippen LogP contribution in [-0.2, 0) is 6.54 Å². The molecule has 0 fully saturated rings. The quantitative estimate of drug-likeness (QED) is 0.564. The molecule has 0 saturated carbocycles. The molecular weight excluding hydrogens is 302 g/mol. The van der Waals surface area contributed by atoms with Gasteiger partial charge in [-0.25, -0.2) is 13.8 Å². The average Bonchev–Trinajstić information content (AvgIpc) is 2.79. The van der Waals surface area contributed by atoms with E-state index in [4.69, 9.17) is 11.6 Å². The van der Waals surface area contributed by atoms with Crippen molar-refractivity contribution >= 4 is 34.4 Å². The Balaban J connectivity index is 2.42. The first-order valence-electron chi connectivity index (χ1n) is 6.53. The molecule has 0 bridgehead atoms. The monoisotopic (exact) mass is 318 g/mol. The standard InChI is InChI=1S/C14H17ClF2N2S/c1-9(15)14-18-11-6-5-10(16)12(17)13(11)19(14)7-3-4-8-20-2/h5-6,9H,3-4,7-8H2,1-2H3. The number of unbranched alkanes of at least 4 members (excludes halogenated alkanes) is 1. The van der Waals surface area contributed by atoms with Gasteiger partial charge < -0.3 is 4.57 Å². The van der Waals surface area contributed by atoms with Crippen molar-refractivity contribution in [3.05, 3.63) is 29.6 Å². The van der Waals surface area contributed by atoms with Crippen LogP contribution in [0.15, 0.2) is 12.1 Å². The zero-order chi connectivity index (χ0) is 14.7. The lowest BCUT2D eigenvalue weighted by Gasteiger charge is -2.10. The van der Waals surface area contributed by atoms with Crippen LogP contribution in [0.1, 0.15) is 31.0 Å². The lowest BCUT2D eigenvalue weighted by molar-refractivity contribution is 0.508. The number of hydrogen-bond acceptors (Lipinski definition) is 2. The highest BCUT2D eigenvalue weighted by molar-refractivity contribution is 7.98. The van der Waals surface area contributed by atoms with Crippen molar-refractivity contribution < 1.29 is 8.78 Å². The third kappa shape index (κ3) is 3.09. The molecule has 2 nitrogen and oxygen atoms in total. The maximum atomic E-state index is 14.0. The van der Waals surface area contributed by atoms with Crippen molar-refractivity contribution in [2.24, 2.45) is 0 Å². The molecule has 0 saturated heterocycles. The lowest BCUT2D eigenvalue weighted by atomic mass is 10.2. The molecule has 0 spiro atoms. The van der Waals surface area contributed by atoms with Crippen LogP contribution in [0.5, 0.6) is 0 Å². The number of fused-ring (bicyclic) bond motifs is 1. The Morgan fingerprint density at radius 2 is 2.10 bits per heavy atom. The minimum atomic E-state index is -0.850. The molecule has 0 aliphatic carbocycles. The zero-order valence-electron chi connectivity index (χ0n) is 11.5. The van der Waals surface area contributed by atoms with Gasteiger partial charge in [-0.2, -0.15) is 11.8 Å². The van der Waals surface area contributed by atoms with Crippen LogP contribution in [0, 0.1) is 11.6 Å². The number of nitrogens with zero attached hydrogens (tertiary/aromatic N) is 2. The van der Waals surface area contributed by atoms with Crippen LogP contribution >= 0.6 is 23.4 Å². The van der Waals surface area contributed by atoms with E-state index in [0.717, 1.165) is 24.7 Å². The third-order valence-electron chi connectivity index (χ3n) is 3.17. The van der Waals surface area contributed by atoms with Gasteiger partial charge in [0, 0.05) is 6.54 Å². The van der Waals surface area contributed by atoms with Gasteiger partial charge >= 0.3 is 0 Å². The summed E-state index contributed by atoms with van der Waals surface area (Å²) in [6, 6.07) is 2.60. The Bertz CT molecular complexity index is 598. The Morgan fingerprint density at radius 1 is 1.35 bits per heavy atom. The Labute approximate surface area is 126 Å². The second-order valence-corrected chi connectivity index (χ2v) is 6.31. The number of halogens is 3. The largest absolute Gasteiger partial charge is 0.324 e. The first-order valence-corrected chi connectivity index (χ1v) is 8.36. The van der Waals surface area contributed by atoms with E-state index in [2.05, 4.69) is 4.98 Å². The number of aryl methyl sites for hydroxylation is 1. The van der Waals surface area contributed by atoms with E-state index in [1.807, 2.05) is 6.26 Å². The summed E-state index contributed by atoms with van der Waals surface area (Å²) < 4.78 is 29.2. The molecule has 1 unspecified atom stereocenters. The minimum Gasteiger partial charge on any atom is -0.324 e. The summed E-state index contributed by atoms with van der Waals surface area (Å²) in [5.74, 6) is -0.0508. The fourth-order valence-corrected chi connectivity index (χ4v) is 2.88. The first kappa shape index (κ1) is 15.6. The van der Waals surface area contributed by atoms with E-state index >= 15 is 0 Å². The summed E-state index contributed by atoms with van der Waals surface area (Å²) in [6.07, 6.45) is 3.96. The molecule has 0 aliphatic rings. The number of benzene rings is 1. The van der Waals surface area contributed by atoms with Crippen LogP contribution in [0.25, 0.3) is 11.0 Å². The highest BCUT2D eigenvalue weighted by Gasteiger charge is 2.19. The molecule has 6 heteroatoms. The Kier molecular flexibility index (Phi) is 5.27. The molecule has 1 heterocycles. The van der Waals surface area contributed by atoms with Crippen molar-refractivity contribution in [3.8, 4) is 0 Å². The summed E-state index contributed by atoms with van der Waals surface area (Å²) in [4.78, 5) is 4.33. The van der Waals surface area contributed by atoms with E-state index in [1.54, 1.807) is 23.3 Å². The predicted octanol–water partition coefficient (Wildman–Crippen LogP) is 4.76. The molecule has 1 aromatic carbocycles. The van der Waals surface area contributed by atoms with Gasteiger partial charge in [-0.1, -0.05) is 0 Å². The summed E-state index contributed by atoms with van der Waals surface area (Å²) in [5.41, 5.74) is 0.674. The SMILES string of the molecule is CSCCCCn1c(C(C)Cl)nc2ccc(F)c(F)c21. The topological polar surface area (TPSA) is 17.8 Å². The summed E-state index contributed by atoms with van der Waals surface area (Å²) in [5, 5.41) is -0.342. The number of hydrogen-bond donors (Lipinski definition) is 0. The van der Waals surface area contributed by atoms with Gasteiger partial charge in [0.15, 0.2) is 11.6 Å². The van der Waals surface area contributed by atoms with Crippen molar-refractivity contribution in [1.29, 1.82) is 0 Å². The number of rotatable bonds is 6. The molecule has 2 aromatic rings. The Morgan fingerprint density at radius 3 is 2.75 bits per heavy atom. The normalized spacial score (nSPS) is 13.1. The van der Waals surface area contributed by atoms with E-state index in [9.17, 15) is 8.78 Å². The summed E-state index contributed by atoms with van der Waals surface area (Å²) in [6.45, 7) is 2.39. The van der Waals surface area contributed by atoms with Crippen LogP contribution in [0.2, 0.25) is 0 Å². The fraction of sp³-hybridized carbons (Fsp3) is 0.500. The molecule has 2 rings (SSSR count). The Hall–Kier alpha value is -0.810. The number of thioether (sulfide) groups is 1. The van der Waals surface area contributed by atoms with Gasteiger partial charge in [0.2, 0.25) is 0 Å². The maximum absolute atomic E-state index is 14.0. The first-order chi connectivity index (χ1) is 9.56. The van der Waals surface area contributed by atoms with Gasteiger partial charge in [0.1, 0.15) is 11.3 Å². The number of imidazole rings is 1. The van der Waals surface area contributed by atoms with Crippen LogP contribution < -0.4 is 0 Å². The van der Waals surface area contributed by atoms with Gasteiger partial charge in [-0.3, -0.25) is 0 Å².